The summed E-state index contributed by atoms with van der Waals surface area (Å²) < 4.78 is 13.4. The molecule has 0 fully saturated rings. The standard InChI is InChI=1S/C11H16FN/c1-4-10(12)11-9(8(2)3)6-5-7-13-11/h5-8,10H,4H2,1-3H3. The van der Waals surface area contributed by atoms with Gasteiger partial charge in [0.2, 0.25) is 0 Å². The van der Waals surface area contributed by atoms with E-state index >= 15 is 0 Å². The van der Waals surface area contributed by atoms with E-state index in [1.54, 1.807) is 6.20 Å². The molecule has 1 aromatic heterocycles. The lowest BCUT2D eigenvalue weighted by Crippen LogP contribution is -2.01. The van der Waals surface area contributed by atoms with Gasteiger partial charge in [0.25, 0.3) is 0 Å². The van der Waals surface area contributed by atoms with Gasteiger partial charge in [-0.05, 0) is 24.0 Å². The van der Waals surface area contributed by atoms with Crippen molar-refractivity contribution in [3.63, 3.8) is 0 Å². The number of alkyl halides is 1. The zero-order chi connectivity index (χ0) is 9.84. The lowest BCUT2D eigenvalue weighted by atomic mass is 9.98. The van der Waals surface area contributed by atoms with E-state index in [0.29, 0.717) is 18.0 Å². The van der Waals surface area contributed by atoms with Crippen LogP contribution in [0.15, 0.2) is 18.3 Å². The second kappa shape index (κ2) is 4.35. The second-order valence-corrected chi connectivity index (χ2v) is 3.51. The summed E-state index contributed by atoms with van der Waals surface area (Å²) in [4.78, 5) is 4.10. The highest BCUT2D eigenvalue weighted by molar-refractivity contribution is 5.24. The fourth-order valence-corrected chi connectivity index (χ4v) is 1.37. The number of hydrogen-bond acceptors (Lipinski definition) is 1. The first-order chi connectivity index (χ1) is 6.16. The molecule has 0 radical (unpaired) electrons. The molecular formula is C11H16FN. The zero-order valence-corrected chi connectivity index (χ0v) is 8.42. The number of aromatic nitrogens is 1. The maximum absolute atomic E-state index is 13.4. The first-order valence-corrected chi connectivity index (χ1v) is 4.75. The first-order valence-electron chi connectivity index (χ1n) is 4.75. The van der Waals surface area contributed by atoms with Crippen LogP contribution in [-0.4, -0.2) is 4.98 Å². The molecular weight excluding hydrogens is 165 g/mol. The number of rotatable bonds is 3. The largest absolute Gasteiger partial charge is 0.258 e. The molecule has 1 rings (SSSR count). The Morgan fingerprint density at radius 1 is 1.46 bits per heavy atom. The van der Waals surface area contributed by atoms with Crippen LogP contribution in [0.1, 0.15) is 50.5 Å². The summed E-state index contributed by atoms with van der Waals surface area (Å²) in [6.07, 6.45) is 1.23. The Labute approximate surface area is 79.0 Å². The summed E-state index contributed by atoms with van der Waals surface area (Å²) in [7, 11) is 0. The first kappa shape index (κ1) is 10.2. The van der Waals surface area contributed by atoms with Crippen LogP contribution >= 0.6 is 0 Å². The van der Waals surface area contributed by atoms with Crippen molar-refractivity contribution in [3.8, 4) is 0 Å². The highest BCUT2D eigenvalue weighted by Gasteiger charge is 2.14. The Bertz CT molecular complexity index is 271. The summed E-state index contributed by atoms with van der Waals surface area (Å²) in [6.45, 7) is 5.95. The van der Waals surface area contributed by atoms with Crippen LogP contribution in [0.4, 0.5) is 4.39 Å². The Hall–Kier alpha value is -0.920. The van der Waals surface area contributed by atoms with Gasteiger partial charge in [0.05, 0.1) is 5.69 Å². The van der Waals surface area contributed by atoms with Gasteiger partial charge in [-0.15, -0.1) is 0 Å². The molecule has 1 unspecified atom stereocenters. The van der Waals surface area contributed by atoms with Crippen molar-refractivity contribution in [3.05, 3.63) is 29.6 Å². The van der Waals surface area contributed by atoms with Crippen molar-refractivity contribution in [1.29, 1.82) is 0 Å². The van der Waals surface area contributed by atoms with Crippen LogP contribution in [0.5, 0.6) is 0 Å². The molecule has 0 aromatic carbocycles. The molecule has 0 spiro atoms. The summed E-state index contributed by atoms with van der Waals surface area (Å²) in [6, 6.07) is 3.82. The normalized spacial score (nSPS) is 13.3. The minimum atomic E-state index is -0.918. The molecule has 0 N–H and O–H groups in total. The SMILES string of the molecule is CCC(F)c1ncccc1C(C)C. The van der Waals surface area contributed by atoms with Gasteiger partial charge in [0.1, 0.15) is 6.17 Å². The third kappa shape index (κ3) is 2.27. The van der Waals surface area contributed by atoms with Gasteiger partial charge in [-0.3, -0.25) is 4.98 Å². The van der Waals surface area contributed by atoms with Gasteiger partial charge in [0, 0.05) is 6.20 Å². The topological polar surface area (TPSA) is 12.9 Å². The van der Waals surface area contributed by atoms with E-state index in [4.69, 9.17) is 0 Å². The van der Waals surface area contributed by atoms with Crippen molar-refractivity contribution in [2.45, 2.75) is 39.3 Å². The molecule has 0 saturated heterocycles. The number of hydrogen-bond donors (Lipinski definition) is 0. The van der Waals surface area contributed by atoms with Crippen molar-refractivity contribution < 1.29 is 4.39 Å². The predicted octanol–water partition coefficient (Wildman–Crippen LogP) is 3.63. The van der Waals surface area contributed by atoms with Crippen molar-refractivity contribution >= 4 is 0 Å². The molecule has 1 nitrogen and oxygen atoms in total. The molecule has 0 saturated carbocycles. The van der Waals surface area contributed by atoms with E-state index in [0.717, 1.165) is 5.56 Å². The third-order valence-electron chi connectivity index (χ3n) is 2.15. The third-order valence-corrected chi connectivity index (χ3v) is 2.15. The van der Waals surface area contributed by atoms with E-state index in [-0.39, 0.29) is 0 Å². The molecule has 0 amide bonds. The second-order valence-electron chi connectivity index (χ2n) is 3.51. The minimum absolute atomic E-state index is 0.341. The molecule has 13 heavy (non-hydrogen) atoms. The Morgan fingerprint density at radius 3 is 2.69 bits per heavy atom. The van der Waals surface area contributed by atoms with Crippen LogP contribution < -0.4 is 0 Å². The predicted molar refractivity (Wildman–Crippen MR) is 52.5 cm³/mol. The van der Waals surface area contributed by atoms with Gasteiger partial charge in [-0.2, -0.15) is 0 Å². The highest BCUT2D eigenvalue weighted by Crippen LogP contribution is 2.26. The smallest absolute Gasteiger partial charge is 0.142 e. The average molecular weight is 181 g/mol. The molecule has 0 aliphatic heterocycles. The molecule has 1 aromatic rings. The zero-order valence-electron chi connectivity index (χ0n) is 8.42. The van der Waals surface area contributed by atoms with E-state index in [1.165, 1.54) is 0 Å². The summed E-state index contributed by atoms with van der Waals surface area (Å²) in [5.41, 5.74) is 1.64. The van der Waals surface area contributed by atoms with E-state index in [9.17, 15) is 4.39 Å². The van der Waals surface area contributed by atoms with Crippen LogP contribution in [0.2, 0.25) is 0 Å². The molecule has 0 aliphatic carbocycles. The fraction of sp³-hybridized carbons (Fsp3) is 0.545. The summed E-state index contributed by atoms with van der Waals surface area (Å²) in [5.74, 6) is 0.341. The Balaban J connectivity index is 3.04. The van der Waals surface area contributed by atoms with Crippen LogP contribution in [0, 0.1) is 0 Å². The van der Waals surface area contributed by atoms with Gasteiger partial charge in [-0.25, -0.2) is 4.39 Å². The molecule has 72 valence electrons. The minimum Gasteiger partial charge on any atom is -0.258 e. The van der Waals surface area contributed by atoms with E-state index < -0.39 is 6.17 Å². The van der Waals surface area contributed by atoms with Crippen LogP contribution in [0.3, 0.4) is 0 Å². The molecule has 0 bridgehead atoms. The van der Waals surface area contributed by atoms with Crippen LogP contribution in [-0.2, 0) is 0 Å². The quantitative estimate of drug-likeness (QED) is 0.694. The highest BCUT2D eigenvalue weighted by atomic mass is 19.1. The van der Waals surface area contributed by atoms with Crippen molar-refractivity contribution in [2.75, 3.05) is 0 Å². The number of nitrogens with zero attached hydrogens (tertiary/aromatic N) is 1. The molecule has 0 aliphatic rings. The Morgan fingerprint density at radius 2 is 2.15 bits per heavy atom. The lowest BCUT2D eigenvalue weighted by molar-refractivity contribution is 0.324. The number of halogens is 1. The average Bonchev–Trinajstić information content (AvgIpc) is 2.16. The molecule has 1 heterocycles. The maximum atomic E-state index is 13.4. The lowest BCUT2D eigenvalue weighted by Gasteiger charge is -2.13. The van der Waals surface area contributed by atoms with Crippen molar-refractivity contribution in [1.82, 2.24) is 4.98 Å². The molecule has 2 heteroatoms. The van der Waals surface area contributed by atoms with E-state index in [1.807, 2.05) is 19.1 Å². The molecule has 1 atom stereocenters. The number of pyridine rings is 1. The summed E-state index contributed by atoms with van der Waals surface area (Å²) in [5, 5.41) is 0. The van der Waals surface area contributed by atoms with Crippen molar-refractivity contribution in [2.24, 2.45) is 0 Å². The fourth-order valence-electron chi connectivity index (χ4n) is 1.37. The van der Waals surface area contributed by atoms with Gasteiger partial charge < -0.3 is 0 Å². The van der Waals surface area contributed by atoms with E-state index in [2.05, 4.69) is 18.8 Å². The van der Waals surface area contributed by atoms with Gasteiger partial charge in [-0.1, -0.05) is 26.8 Å². The maximum Gasteiger partial charge on any atom is 0.142 e. The Kier molecular flexibility index (Phi) is 3.40. The summed E-state index contributed by atoms with van der Waals surface area (Å²) >= 11 is 0. The van der Waals surface area contributed by atoms with Gasteiger partial charge in [0.15, 0.2) is 0 Å². The monoisotopic (exact) mass is 181 g/mol. The van der Waals surface area contributed by atoms with Gasteiger partial charge >= 0.3 is 0 Å². The van der Waals surface area contributed by atoms with Crippen LogP contribution in [0.25, 0.3) is 0 Å².